The SMILES string of the molecule is CC1(C)CC(OC(=O)c2ccc3cccc(C4CCC5CC(C(=O)OC6CC(C)(C)NC(C)(C)C6)CCC5C4)c3c2)CC(C)(C)N1. The van der Waals surface area contributed by atoms with Crippen LogP contribution < -0.4 is 10.6 Å². The fourth-order valence-electron chi connectivity index (χ4n) is 10.3. The Hall–Kier alpha value is -2.44. The maximum atomic E-state index is 13.4. The summed E-state index contributed by atoms with van der Waals surface area (Å²) in [4.78, 5) is 26.8. The molecule has 2 aromatic rings. The van der Waals surface area contributed by atoms with Gasteiger partial charge < -0.3 is 20.1 Å². The Morgan fingerprint density at radius 2 is 1.24 bits per heavy atom. The van der Waals surface area contributed by atoms with Crippen LogP contribution in [0.5, 0.6) is 0 Å². The van der Waals surface area contributed by atoms with Crippen molar-refractivity contribution in [1.82, 2.24) is 10.6 Å². The minimum absolute atomic E-state index is 0.0147. The molecule has 2 aliphatic carbocycles. The van der Waals surface area contributed by atoms with Crippen molar-refractivity contribution in [3.63, 3.8) is 0 Å². The van der Waals surface area contributed by atoms with Crippen molar-refractivity contribution in [1.29, 1.82) is 0 Å². The van der Waals surface area contributed by atoms with Crippen molar-refractivity contribution in [3.05, 3.63) is 47.5 Å². The Labute approximate surface area is 277 Å². The molecule has 2 heterocycles. The van der Waals surface area contributed by atoms with Crippen LogP contribution in [-0.2, 0) is 14.3 Å². The van der Waals surface area contributed by atoms with Crippen LogP contribution in [0.15, 0.2) is 36.4 Å². The third-order valence-electron chi connectivity index (χ3n) is 11.4. The molecule has 4 fully saturated rings. The van der Waals surface area contributed by atoms with Crippen LogP contribution >= 0.6 is 0 Å². The highest BCUT2D eigenvalue weighted by atomic mass is 16.5. The fourth-order valence-corrected chi connectivity index (χ4v) is 10.3. The number of hydrogen-bond acceptors (Lipinski definition) is 6. The van der Waals surface area contributed by atoms with E-state index in [4.69, 9.17) is 9.47 Å². The van der Waals surface area contributed by atoms with Gasteiger partial charge >= 0.3 is 11.9 Å². The van der Waals surface area contributed by atoms with E-state index in [0.717, 1.165) is 64.2 Å². The number of carbonyl (C=O) groups excluding carboxylic acids is 2. The summed E-state index contributed by atoms with van der Waals surface area (Å²) in [6.07, 6.45) is 9.61. The van der Waals surface area contributed by atoms with E-state index >= 15 is 0 Å². The van der Waals surface area contributed by atoms with Crippen molar-refractivity contribution in [2.45, 2.75) is 160 Å². The number of esters is 2. The number of nitrogens with one attached hydrogen (secondary N) is 2. The molecule has 0 amide bonds. The smallest absolute Gasteiger partial charge is 0.338 e. The number of benzene rings is 2. The van der Waals surface area contributed by atoms with Gasteiger partial charge in [0, 0.05) is 47.8 Å². The van der Waals surface area contributed by atoms with E-state index < -0.39 is 0 Å². The summed E-state index contributed by atoms with van der Waals surface area (Å²) < 4.78 is 12.3. The molecule has 0 aromatic heterocycles. The first-order valence-corrected chi connectivity index (χ1v) is 18.0. The van der Waals surface area contributed by atoms with E-state index in [-0.39, 0.29) is 52.2 Å². The highest BCUT2D eigenvalue weighted by Gasteiger charge is 2.43. The van der Waals surface area contributed by atoms with Crippen molar-refractivity contribution in [3.8, 4) is 0 Å². The molecule has 2 aliphatic heterocycles. The summed E-state index contributed by atoms with van der Waals surface area (Å²) in [7, 11) is 0. The lowest BCUT2D eigenvalue weighted by Crippen LogP contribution is -2.59. The Morgan fingerprint density at radius 1 is 0.674 bits per heavy atom. The van der Waals surface area contributed by atoms with Gasteiger partial charge in [-0.05, 0) is 140 Å². The maximum Gasteiger partial charge on any atom is 0.338 e. The number of rotatable bonds is 5. The largest absolute Gasteiger partial charge is 0.462 e. The van der Waals surface area contributed by atoms with E-state index in [0.29, 0.717) is 23.3 Å². The van der Waals surface area contributed by atoms with Gasteiger partial charge in [-0.2, -0.15) is 0 Å². The molecule has 252 valence electrons. The molecule has 6 heteroatoms. The molecule has 4 unspecified atom stereocenters. The lowest BCUT2D eigenvalue weighted by molar-refractivity contribution is -0.160. The molecular formula is C40H58N2O4. The van der Waals surface area contributed by atoms with Gasteiger partial charge in [0.15, 0.2) is 0 Å². The van der Waals surface area contributed by atoms with Crippen molar-refractivity contribution >= 4 is 22.7 Å². The maximum absolute atomic E-state index is 13.4. The van der Waals surface area contributed by atoms with Gasteiger partial charge in [-0.3, -0.25) is 4.79 Å². The zero-order valence-corrected chi connectivity index (χ0v) is 29.6. The van der Waals surface area contributed by atoms with Crippen LogP contribution in [-0.4, -0.2) is 46.3 Å². The molecule has 2 saturated heterocycles. The second kappa shape index (κ2) is 12.2. The average Bonchev–Trinajstić information content (AvgIpc) is 2.92. The predicted molar refractivity (Wildman–Crippen MR) is 185 cm³/mol. The first-order valence-electron chi connectivity index (χ1n) is 18.0. The Bertz CT molecular complexity index is 1430. The normalized spacial score (nSPS) is 30.7. The van der Waals surface area contributed by atoms with Gasteiger partial charge in [0.2, 0.25) is 0 Å². The van der Waals surface area contributed by atoms with Gasteiger partial charge in [0.1, 0.15) is 12.2 Å². The van der Waals surface area contributed by atoms with Crippen molar-refractivity contribution in [2.24, 2.45) is 17.8 Å². The molecule has 2 aromatic carbocycles. The highest BCUT2D eigenvalue weighted by Crippen LogP contribution is 2.49. The molecule has 0 spiro atoms. The lowest BCUT2D eigenvalue weighted by atomic mass is 9.63. The second-order valence-electron chi connectivity index (χ2n) is 18.0. The fraction of sp³-hybridized carbons (Fsp3) is 0.700. The molecule has 0 bridgehead atoms. The summed E-state index contributed by atoms with van der Waals surface area (Å²) >= 11 is 0. The zero-order chi connectivity index (χ0) is 33.1. The predicted octanol–water partition coefficient (Wildman–Crippen LogP) is 8.46. The molecule has 46 heavy (non-hydrogen) atoms. The summed E-state index contributed by atoms with van der Waals surface area (Å²) in [6.45, 7) is 17.5. The summed E-state index contributed by atoms with van der Waals surface area (Å²) in [6, 6.07) is 12.7. The summed E-state index contributed by atoms with van der Waals surface area (Å²) in [5.74, 6) is 1.52. The summed E-state index contributed by atoms with van der Waals surface area (Å²) in [5, 5.41) is 9.72. The van der Waals surface area contributed by atoms with Gasteiger partial charge in [-0.1, -0.05) is 24.3 Å². The van der Waals surface area contributed by atoms with E-state index in [1.54, 1.807) is 0 Å². The quantitative estimate of drug-likeness (QED) is 0.323. The van der Waals surface area contributed by atoms with E-state index in [1.165, 1.54) is 16.3 Å². The average molecular weight is 631 g/mol. The van der Waals surface area contributed by atoms with Crippen LogP contribution in [0.1, 0.15) is 141 Å². The zero-order valence-electron chi connectivity index (χ0n) is 29.6. The van der Waals surface area contributed by atoms with Crippen LogP contribution in [0, 0.1) is 17.8 Å². The molecule has 0 radical (unpaired) electrons. The third-order valence-corrected chi connectivity index (χ3v) is 11.4. The van der Waals surface area contributed by atoms with Crippen LogP contribution in [0.4, 0.5) is 0 Å². The number of carbonyl (C=O) groups is 2. The molecule has 2 N–H and O–H groups in total. The third kappa shape index (κ3) is 7.65. The topological polar surface area (TPSA) is 76.7 Å². The lowest BCUT2D eigenvalue weighted by Gasteiger charge is -2.46. The molecular weight excluding hydrogens is 572 g/mol. The monoisotopic (exact) mass is 630 g/mol. The van der Waals surface area contributed by atoms with Gasteiger partial charge in [0.25, 0.3) is 0 Å². The Kier molecular flexibility index (Phi) is 8.89. The molecule has 6 rings (SSSR count). The highest BCUT2D eigenvalue weighted by molar-refractivity contribution is 5.96. The number of fused-ring (bicyclic) bond motifs is 2. The van der Waals surface area contributed by atoms with Gasteiger partial charge in [-0.25, -0.2) is 4.79 Å². The minimum Gasteiger partial charge on any atom is -0.462 e. The van der Waals surface area contributed by atoms with Crippen LogP contribution in [0.2, 0.25) is 0 Å². The number of ether oxygens (including phenoxy) is 2. The van der Waals surface area contributed by atoms with E-state index in [1.807, 2.05) is 6.07 Å². The molecule has 4 aliphatic rings. The minimum atomic E-state index is -0.222. The second-order valence-corrected chi connectivity index (χ2v) is 18.0. The van der Waals surface area contributed by atoms with Crippen LogP contribution in [0.3, 0.4) is 0 Å². The molecule has 6 nitrogen and oxygen atoms in total. The standard InChI is InChI=1S/C40H58N2O4/c1-37(2)21-31(22-38(3,4)41-37)45-35(43)29-17-14-26-18-28(15-13-27(26)19-29)33-11-9-10-25-12-16-30(20-34(25)33)36(44)46-32-23-39(5,6)42-40(7,8)24-32/h9-12,16,20,26-29,31-32,41-42H,13-15,17-19,21-24H2,1-8H3. The van der Waals surface area contributed by atoms with Gasteiger partial charge in [0.05, 0.1) is 11.5 Å². The first kappa shape index (κ1) is 33.5. The van der Waals surface area contributed by atoms with Gasteiger partial charge in [-0.15, -0.1) is 0 Å². The number of piperidine rings is 2. The van der Waals surface area contributed by atoms with Crippen molar-refractivity contribution in [2.75, 3.05) is 0 Å². The Balaban J connectivity index is 1.10. The van der Waals surface area contributed by atoms with E-state index in [2.05, 4.69) is 96.4 Å². The Morgan fingerprint density at radius 3 is 1.87 bits per heavy atom. The molecule has 4 atom stereocenters. The number of hydrogen-bond donors (Lipinski definition) is 2. The summed E-state index contributed by atoms with van der Waals surface area (Å²) in [5.41, 5.74) is 1.76. The first-order chi connectivity index (χ1) is 21.5. The van der Waals surface area contributed by atoms with Crippen molar-refractivity contribution < 1.29 is 19.1 Å². The van der Waals surface area contributed by atoms with Crippen LogP contribution in [0.25, 0.3) is 10.8 Å². The van der Waals surface area contributed by atoms with E-state index in [9.17, 15) is 9.59 Å². The molecule has 2 saturated carbocycles.